The number of quaternary nitrogens is 2. The highest BCUT2D eigenvalue weighted by molar-refractivity contribution is 5.97. The number of ether oxygens (including phenoxy) is 2. The van der Waals surface area contributed by atoms with E-state index in [2.05, 4.69) is 5.32 Å². The van der Waals surface area contributed by atoms with Crippen molar-refractivity contribution in [2.75, 3.05) is 51.4 Å². The molecule has 0 unspecified atom stereocenters. The van der Waals surface area contributed by atoms with Crippen LogP contribution in [0.2, 0.25) is 0 Å². The monoisotopic (exact) mass is 401 g/mol. The first-order valence-corrected chi connectivity index (χ1v) is 9.73. The molecule has 2 heterocycles. The lowest BCUT2D eigenvalue weighted by Crippen LogP contribution is -3.28. The Hall–Kier alpha value is -2.97. The lowest BCUT2D eigenvalue weighted by molar-refractivity contribution is -1.00. The molecule has 1 saturated heterocycles. The molecule has 2 aliphatic rings. The van der Waals surface area contributed by atoms with Crippen LogP contribution in [0.15, 0.2) is 42.5 Å². The van der Waals surface area contributed by atoms with E-state index in [4.69, 9.17) is 9.47 Å². The molecule has 0 aromatic heterocycles. The van der Waals surface area contributed by atoms with Gasteiger partial charge in [-0.2, -0.15) is 0 Å². The quantitative estimate of drug-likeness (QED) is 0.552. The van der Waals surface area contributed by atoms with Crippen LogP contribution in [0.4, 0.5) is 10.1 Å². The highest BCUT2D eigenvalue weighted by Gasteiger charge is 2.27. The van der Waals surface area contributed by atoms with E-state index in [0.29, 0.717) is 23.6 Å². The number of carbonyl (C=O) groups excluding carboxylic acids is 2. The summed E-state index contributed by atoms with van der Waals surface area (Å²) in [5.74, 6) is 0.705. The Bertz CT molecular complexity index is 913. The first kappa shape index (κ1) is 19.4. The summed E-state index contributed by atoms with van der Waals surface area (Å²) in [6.07, 6.45) is 0. The predicted molar refractivity (Wildman–Crippen MR) is 103 cm³/mol. The summed E-state index contributed by atoms with van der Waals surface area (Å²) in [5, 5.41) is 2.63. The Kier molecular flexibility index (Phi) is 5.73. The maximum atomic E-state index is 13.6. The van der Waals surface area contributed by atoms with E-state index < -0.39 is 5.82 Å². The number of amides is 1. The van der Waals surface area contributed by atoms with Crippen molar-refractivity contribution in [1.29, 1.82) is 0 Å². The Morgan fingerprint density at radius 1 is 0.931 bits per heavy atom. The van der Waals surface area contributed by atoms with Crippen LogP contribution < -0.4 is 24.6 Å². The van der Waals surface area contributed by atoms with E-state index in [1.165, 1.54) is 11.0 Å². The summed E-state index contributed by atoms with van der Waals surface area (Å²) in [5.41, 5.74) is 0.830. The molecule has 7 nitrogen and oxygen atoms in total. The largest absolute Gasteiger partial charge is 0.454 e. The van der Waals surface area contributed by atoms with E-state index in [0.717, 1.165) is 31.1 Å². The number of ketones is 1. The molecular weight excluding hydrogens is 377 g/mol. The van der Waals surface area contributed by atoms with Crippen LogP contribution >= 0.6 is 0 Å². The molecule has 0 atom stereocenters. The van der Waals surface area contributed by atoms with Crippen molar-refractivity contribution in [3.05, 3.63) is 53.8 Å². The fraction of sp³-hybridized carbons (Fsp3) is 0.333. The van der Waals surface area contributed by atoms with Crippen LogP contribution in [-0.4, -0.2) is 57.8 Å². The van der Waals surface area contributed by atoms with Gasteiger partial charge in [0.25, 0.3) is 5.91 Å². The van der Waals surface area contributed by atoms with Gasteiger partial charge in [0.1, 0.15) is 38.5 Å². The number of fused-ring (bicyclic) bond motifs is 1. The van der Waals surface area contributed by atoms with Gasteiger partial charge in [-0.25, -0.2) is 4.39 Å². The van der Waals surface area contributed by atoms with E-state index in [-0.39, 0.29) is 30.7 Å². The van der Waals surface area contributed by atoms with Crippen LogP contribution in [0.25, 0.3) is 0 Å². The number of carbonyl (C=O) groups is 2. The van der Waals surface area contributed by atoms with Crippen molar-refractivity contribution in [1.82, 2.24) is 0 Å². The molecule has 29 heavy (non-hydrogen) atoms. The SMILES string of the molecule is O=C(C[NH+]1CC[NH+](CC(=O)c2ccc3c(c2)OCO3)CC1)Nc1ccccc1F. The number of benzene rings is 2. The van der Waals surface area contributed by atoms with E-state index >= 15 is 0 Å². The molecule has 4 rings (SSSR count). The first-order valence-electron chi connectivity index (χ1n) is 9.73. The zero-order chi connectivity index (χ0) is 20.2. The number of anilines is 1. The van der Waals surface area contributed by atoms with Crippen LogP contribution in [-0.2, 0) is 4.79 Å². The molecule has 3 N–H and O–H groups in total. The van der Waals surface area contributed by atoms with Gasteiger partial charge in [-0.3, -0.25) is 9.59 Å². The zero-order valence-corrected chi connectivity index (χ0v) is 16.0. The van der Waals surface area contributed by atoms with Crippen molar-refractivity contribution in [2.24, 2.45) is 0 Å². The Labute approximate surface area is 168 Å². The Morgan fingerprint density at radius 3 is 2.38 bits per heavy atom. The third-order valence-corrected chi connectivity index (χ3v) is 5.33. The number of hydrogen-bond donors (Lipinski definition) is 3. The Morgan fingerprint density at radius 2 is 1.62 bits per heavy atom. The molecule has 0 bridgehead atoms. The minimum Gasteiger partial charge on any atom is -0.454 e. The van der Waals surface area contributed by atoms with Gasteiger partial charge in [0.15, 0.2) is 18.0 Å². The molecule has 0 spiro atoms. The van der Waals surface area contributed by atoms with Crippen LogP contribution in [0, 0.1) is 5.82 Å². The number of Topliss-reactive ketones (excluding diaryl/α,β-unsaturated/α-hetero) is 1. The van der Waals surface area contributed by atoms with Gasteiger partial charge < -0.3 is 24.6 Å². The summed E-state index contributed by atoms with van der Waals surface area (Å²) in [4.78, 5) is 27.1. The summed E-state index contributed by atoms with van der Waals surface area (Å²) < 4.78 is 24.3. The summed E-state index contributed by atoms with van der Waals surface area (Å²) in [6.45, 7) is 4.07. The van der Waals surface area contributed by atoms with Gasteiger partial charge in [0.2, 0.25) is 12.6 Å². The molecule has 2 aliphatic heterocycles. The molecule has 0 aliphatic carbocycles. The Balaban J connectivity index is 1.23. The minimum absolute atomic E-state index is 0.0686. The zero-order valence-electron chi connectivity index (χ0n) is 16.0. The molecule has 8 heteroatoms. The third kappa shape index (κ3) is 4.72. The first-order chi connectivity index (χ1) is 14.1. The molecule has 2 aromatic rings. The molecule has 152 valence electrons. The number of hydrogen-bond acceptors (Lipinski definition) is 4. The molecule has 0 saturated carbocycles. The van der Waals surface area contributed by atoms with Gasteiger partial charge in [-0.1, -0.05) is 12.1 Å². The predicted octanol–water partition coefficient (Wildman–Crippen LogP) is -0.841. The summed E-state index contributed by atoms with van der Waals surface area (Å²) >= 11 is 0. The van der Waals surface area contributed by atoms with Gasteiger partial charge in [-0.05, 0) is 30.3 Å². The fourth-order valence-corrected chi connectivity index (χ4v) is 3.69. The number of nitrogens with one attached hydrogen (secondary N) is 3. The maximum absolute atomic E-state index is 13.6. The average molecular weight is 401 g/mol. The normalized spacial score (nSPS) is 20.3. The maximum Gasteiger partial charge on any atom is 0.279 e. The van der Waals surface area contributed by atoms with E-state index in [9.17, 15) is 14.0 Å². The molecule has 0 radical (unpaired) electrons. The van der Waals surface area contributed by atoms with Gasteiger partial charge in [0, 0.05) is 5.56 Å². The third-order valence-electron chi connectivity index (χ3n) is 5.33. The average Bonchev–Trinajstić information content (AvgIpc) is 3.19. The van der Waals surface area contributed by atoms with Crippen LogP contribution in [0.1, 0.15) is 10.4 Å². The number of halogens is 1. The second-order valence-electron chi connectivity index (χ2n) is 7.37. The topological polar surface area (TPSA) is 73.5 Å². The van der Waals surface area contributed by atoms with Crippen molar-refractivity contribution in [3.63, 3.8) is 0 Å². The van der Waals surface area contributed by atoms with Crippen molar-refractivity contribution in [2.45, 2.75) is 0 Å². The van der Waals surface area contributed by atoms with Gasteiger partial charge in [-0.15, -0.1) is 0 Å². The molecular formula is C21H24FN3O4+2. The lowest BCUT2D eigenvalue weighted by Gasteiger charge is -2.29. The summed E-state index contributed by atoms with van der Waals surface area (Å²) in [6, 6.07) is 11.4. The second-order valence-corrected chi connectivity index (χ2v) is 7.37. The van der Waals surface area contributed by atoms with Crippen molar-refractivity contribution in [3.8, 4) is 11.5 Å². The van der Waals surface area contributed by atoms with Crippen LogP contribution in [0.3, 0.4) is 0 Å². The molecule has 2 aromatic carbocycles. The number of rotatable bonds is 6. The van der Waals surface area contributed by atoms with Crippen molar-refractivity contribution < 1.29 is 33.3 Å². The van der Waals surface area contributed by atoms with Crippen molar-refractivity contribution >= 4 is 17.4 Å². The fourth-order valence-electron chi connectivity index (χ4n) is 3.69. The van der Waals surface area contributed by atoms with E-state index in [1.807, 2.05) is 0 Å². The van der Waals surface area contributed by atoms with Gasteiger partial charge >= 0.3 is 0 Å². The summed E-state index contributed by atoms with van der Waals surface area (Å²) in [7, 11) is 0. The second kappa shape index (κ2) is 8.59. The van der Waals surface area contributed by atoms with Crippen LogP contribution in [0.5, 0.6) is 11.5 Å². The standard InChI is InChI=1S/C21H22FN3O4/c22-16-3-1-2-4-17(16)23-21(27)13-25-9-7-24(8-10-25)12-18(26)15-5-6-19-20(11-15)29-14-28-19/h1-6,11H,7-10,12-14H2,(H,23,27)/p+2. The van der Waals surface area contributed by atoms with Gasteiger partial charge in [0.05, 0.1) is 5.69 Å². The smallest absolute Gasteiger partial charge is 0.279 e. The highest BCUT2D eigenvalue weighted by Crippen LogP contribution is 2.32. The number of para-hydroxylation sites is 1. The van der Waals surface area contributed by atoms with E-state index in [1.54, 1.807) is 36.4 Å². The highest BCUT2D eigenvalue weighted by atomic mass is 19.1. The minimum atomic E-state index is -0.438. The lowest BCUT2D eigenvalue weighted by atomic mass is 10.1. The molecule has 1 amide bonds. The number of piperazine rings is 1. The molecule has 1 fully saturated rings.